The lowest BCUT2D eigenvalue weighted by molar-refractivity contribution is -0.386. The first-order valence-electron chi connectivity index (χ1n) is 7.07. The molecule has 1 aromatic rings. The first-order chi connectivity index (χ1) is 9.69. The Bertz CT molecular complexity index is 426. The van der Waals surface area contributed by atoms with Crippen molar-refractivity contribution < 1.29 is 9.66 Å². The van der Waals surface area contributed by atoms with Crippen molar-refractivity contribution in [1.82, 2.24) is 9.97 Å². The molecule has 0 saturated heterocycles. The van der Waals surface area contributed by atoms with E-state index in [2.05, 4.69) is 22.2 Å². The fourth-order valence-electron chi connectivity index (χ4n) is 1.71. The number of aromatic nitrogens is 2. The average molecular weight is 282 g/mol. The van der Waals surface area contributed by atoms with E-state index in [4.69, 9.17) is 4.74 Å². The summed E-state index contributed by atoms with van der Waals surface area (Å²) in [5.74, 6) is 0.385. The molecule has 0 aliphatic carbocycles. The number of nitro groups is 1. The van der Waals surface area contributed by atoms with E-state index in [1.54, 1.807) is 0 Å². The van der Waals surface area contributed by atoms with E-state index in [0.717, 1.165) is 19.3 Å². The first-order valence-corrected chi connectivity index (χ1v) is 7.07. The summed E-state index contributed by atoms with van der Waals surface area (Å²) >= 11 is 0. The highest BCUT2D eigenvalue weighted by Crippen LogP contribution is 2.24. The maximum absolute atomic E-state index is 10.9. The maximum Gasteiger partial charge on any atom is 0.349 e. The molecule has 0 radical (unpaired) electrons. The molecule has 0 aliphatic rings. The van der Waals surface area contributed by atoms with Gasteiger partial charge in [-0.3, -0.25) is 10.1 Å². The second-order valence-corrected chi connectivity index (χ2v) is 4.43. The number of nitrogens with one attached hydrogen (secondary N) is 1. The summed E-state index contributed by atoms with van der Waals surface area (Å²) in [7, 11) is 0. The minimum Gasteiger partial charge on any atom is -0.473 e. The van der Waals surface area contributed by atoms with Crippen molar-refractivity contribution in [1.29, 1.82) is 0 Å². The molecule has 0 aliphatic heterocycles. The first kappa shape index (κ1) is 16.1. The molecule has 0 fully saturated rings. The number of hydrogen-bond donors (Lipinski definition) is 1. The fourth-order valence-corrected chi connectivity index (χ4v) is 1.71. The number of hydrogen-bond acceptors (Lipinski definition) is 6. The van der Waals surface area contributed by atoms with Gasteiger partial charge in [-0.15, -0.1) is 0 Å². The second-order valence-electron chi connectivity index (χ2n) is 4.43. The standard InChI is InChI=1S/C13H22N4O3/c1-3-5-6-7-8-9-20-12-11(17(18)19)10-15-13(16-12)14-4-2/h10H,3-9H2,1-2H3,(H,14,15,16). The number of unbranched alkanes of at least 4 members (excludes halogenated alkanes) is 4. The Kier molecular flexibility index (Phi) is 7.31. The molecule has 1 N–H and O–H groups in total. The molecule has 0 atom stereocenters. The van der Waals surface area contributed by atoms with Crippen molar-refractivity contribution in [3.05, 3.63) is 16.3 Å². The van der Waals surface area contributed by atoms with Crippen LogP contribution in [-0.2, 0) is 0 Å². The lowest BCUT2D eigenvalue weighted by Crippen LogP contribution is -2.07. The van der Waals surface area contributed by atoms with Crippen LogP contribution in [-0.4, -0.2) is 28.0 Å². The van der Waals surface area contributed by atoms with Crippen molar-refractivity contribution in [2.24, 2.45) is 0 Å². The van der Waals surface area contributed by atoms with Crippen molar-refractivity contribution in [2.45, 2.75) is 46.0 Å². The zero-order valence-corrected chi connectivity index (χ0v) is 12.1. The van der Waals surface area contributed by atoms with Crippen molar-refractivity contribution in [2.75, 3.05) is 18.5 Å². The molecule has 0 bridgehead atoms. The SMILES string of the molecule is CCCCCCCOc1nc(NCC)ncc1[N+](=O)[O-]. The molecule has 1 rings (SSSR count). The molecule has 1 heterocycles. The molecule has 7 nitrogen and oxygen atoms in total. The van der Waals surface area contributed by atoms with Crippen LogP contribution in [0.25, 0.3) is 0 Å². The van der Waals surface area contributed by atoms with Gasteiger partial charge in [0.2, 0.25) is 5.95 Å². The van der Waals surface area contributed by atoms with E-state index < -0.39 is 4.92 Å². The molecule has 0 aromatic carbocycles. The largest absolute Gasteiger partial charge is 0.473 e. The van der Waals surface area contributed by atoms with E-state index in [0.29, 0.717) is 19.1 Å². The highest BCUT2D eigenvalue weighted by Gasteiger charge is 2.18. The topological polar surface area (TPSA) is 90.2 Å². The Morgan fingerprint density at radius 2 is 2.05 bits per heavy atom. The van der Waals surface area contributed by atoms with Crippen LogP contribution >= 0.6 is 0 Å². The van der Waals surface area contributed by atoms with Crippen molar-refractivity contribution >= 4 is 11.6 Å². The third-order valence-corrected chi connectivity index (χ3v) is 2.75. The van der Waals surface area contributed by atoms with Gasteiger partial charge in [0.25, 0.3) is 5.88 Å². The molecule has 1 aromatic heterocycles. The van der Waals surface area contributed by atoms with Gasteiger partial charge < -0.3 is 10.1 Å². The second kappa shape index (κ2) is 9.06. The summed E-state index contributed by atoms with van der Waals surface area (Å²) in [5.41, 5.74) is -0.194. The van der Waals surface area contributed by atoms with Crippen LogP contribution in [0.15, 0.2) is 6.20 Å². The normalized spacial score (nSPS) is 10.3. The van der Waals surface area contributed by atoms with Crippen LogP contribution < -0.4 is 10.1 Å². The summed E-state index contributed by atoms with van der Waals surface area (Å²) in [6.07, 6.45) is 6.67. The van der Waals surface area contributed by atoms with Gasteiger partial charge in [-0.2, -0.15) is 4.98 Å². The number of anilines is 1. The van der Waals surface area contributed by atoms with E-state index >= 15 is 0 Å². The Balaban J connectivity index is 2.56. The lowest BCUT2D eigenvalue weighted by Gasteiger charge is -2.07. The smallest absolute Gasteiger partial charge is 0.349 e. The minimum atomic E-state index is -0.526. The van der Waals surface area contributed by atoms with E-state index in [-0.39, 0.29) is 11.6 Å². The number of ether oxygens (including phenoxy) is 1. The van der Waals surface area contributed by atoms with Crippen LogP contribution in [0.3, 0.4) is 0 Å². The Labute approximate surface area is 118 Å². The van der Waals surface area contributed by atoms with E-state index in [1.165, 1.54) is 19.0 Å². The Morgan fingerprint density at radius 1 is 1.30 bits per heavy atom. The van der Waals surface area contributed by atoms with Gasteiger partial charge >= 0.3 is 5.69 Å². The molecule has 0 unspecified atom stereocenters. The van der Waals surface area contributed by atoms with Gasteiger partial charge in [0, 0.05) is 6.54 Å². The Hall–Kier alpha value is -1.92. The van der Waals surface area contributed by atoms with Crippen LogP contribution in [0.2, 0.25) is 0 Å². The van der Waals surface area contributed by atoms with Crippen LogP contribution in [0, 0.1) is 10.1 Å². The predicted octanol–water partition coefficient (Wildman–Crippen LogP) is 3.17. The van der Waals surface area contributed by atoms with E-state index in [9.17, 15) is 10.1 Å². The summed E-state index contributed by atoms with van der Waals surface area (Å²) in [5, 5.41) is 13.8. The van der Waals surface area contributed by atoms with Crippen molar-refractivity contribution in [3.63, 3.8) is 0 Å². The molecular weight excluding hydrogens is 260 g/mol. The highest BCUT2D eigenvalue weighted by molar-refractivity contribution is 5.43. The summed E-state index contributed by atoms with van der Waals surface area (Å²) in [6, 6.07) is 0. The number of nitrogens with zero attached hydrogens (tertiary/aromatic N) is 3. The lowest BCUT2D eigenvalue weighted by atomic mass is 10.2. The van der Waals surface area contributed by atoms with Gasteiger partial charge in [0.05, 0.1) is 11.5 Å². The predicted molar refractivity (Wildman–Crippen MR) is 77.1 cm³/mol. The van der Waals surface area contributed by atoms with Gasteiger partial charge in [0.15, 0.2) is 0 Å². The summed E-state index contributed by atoms with van der Waals surface area (Å²) in [6.45, 7) is 5.14. The molecule has 7 heteroatoms. The zero-order valence-electron chi connectivity index (χ0n) is 12.1. The third kappa shape index (κ3) is 5.38. The highest BCUT2D eigenvalue weighted by atomic mass is 16.6. The van der Waals surface area contributed by atoms with E-state index in [1.807, 2.05) is 6.92 Å². The van der Waals surface area contributed by atoms with Crippen LogP contribution in [0.1, 0.15) is 46.0 Å². The van der Waals surface area contributed by atoms with Crippen molar-refractivity contribution in [3.8, 4) is 5.88 Å². The molecule has 0 amide bonds. The Morgan fingerprint density at radius 3 is 2.70 bits per heavy atom. The monoisotopic (exact) mass is 282 g/mol. The van der Waals surface area contributed by atoms with Gasteiger partial charge in [-0.1, -0.05) is 32.6 Å². The fraction of sp³-hybridized carbons (Fsp3) is 0.692. The van der Waals surface area contributed by atoms with Crippen LogP contribution in [0.4, 0.5) is 11.6 Å². The average Bonchev–Trinajstić information content (AvgIpc) is 2.43. The molecule has 20 heavy (non-hydrogen) atoms. The molecular formula is C13H22N4O3. The molecule has 0 spiro atoms. The van der Waals surface area contributed by atoms with Gasteiger partial charge in [0.1, 0.15) is 6.20 Å². The molecule has 112 valence electrons. The third-order valence-electron chi connectivity index (χ3n) is 2.75. The zero-order chi connectivity index (χ0) is 14.8. The summed E-state index contributed by atoms with van der Waals surface area (Å²) < 4.78 is 5.43. The van der Waals surface area contributed by atoms with Gasteiger partial charge in [-0.05, 0) is 13.3 Å². The maximum atomic E-state index is 10.9. The minimum absolute atomic E-state index is 0.0384. The summed E-state index contributed by atoms with van der Waals surface area (Å²) in [4.78, 5) is 18.3. The van der Waals surface area contributed by atoms with Crippen LogP contribution in [0.5, 0.6) is 5.88 Å². The number of rotatable bonds is 10. The quantitative estimate of drug-likeness (QED) is 0.402. The molecule has 0 saturated carbocycles. The van der Waals surface area contributed by atoms with Gasteiger partial charge in [-0.25, -0.2) is 4.98 Å².